The van der Waals surface area contributed by atoms with Crippen molar-refractivity contribution in [3.63, 3.8) is 0 Å². The smallest absolute Gasteiger partial charge is 0.216 e. The molecule has 2 heterocycles. The van der Waals surface area contributed by atoms with Crippen LogP contribution in [-0.4, -0.2) is 0 Å². The Kier molecular flexibility index (Phi) is 4.81. The zero-order valence-electron chi connectivity index (χ0n) is 19.7. The van der Waals surface area contributed by atoms with Gasteiger partial charge in [0, 0.05) is 22.9 Å². The first-order chi connectivity index (χ1) is 16.6. The Morgan fingerprint density at radius 3 is 2.12 bits per heavy atom. The third-order valence-electron chi connectivity index (χ3n) is 6.84. The molecule has 0 aliphatic rings. The molecule has 2 aromatic heterocycles. The molecule has 2 heteroatoms. The molecule has 2 nitrogen and oxygen atoms in total. The van der Waals surface area contributed by atoms with Crippen molar-refractivity contribution in [1.82, 2.24) is 0 Å². The van der Waals surface area contributed by atoms with Crippen molar-refractivity contribution < 1.29 is 8.98 Å². The number of hydrogen-bond acceptors (Lipinski definition) is 1. The van der Waals surface area contributed by atoms with E-state index >= 15 is 0 Å². The van der Waals surface area contributed by atoms with Crippen LogP contribution in [0.2, 0.25) is 0 Å². The van der Waals surface area contributed by atoms with E-state index in [0.29, 0.717) is 0 Å². The number of aromatic nitrogens is 1. The van der Waals surface area contributed by atoms with E-state index in [1.165, 1.54) is 27.8 Å². The Morgan fingerprint density at radius 2 is 1.32 bits per heavy atom. The van der Waals surface area contributed by atoms with Crippen molar-refractivity contribution in [3.05, 3.63) is 114 Å². The van der Waals surface area contributed by atoms with Crippen molar-refractivity contribution in [3.8, 4) is 33.5 Å². The van der Waals surface area contributed by atoms with Gasteiger partial charge in [-0.15, -0.1) is 0 Å². The molecule has 0 aliphatic heterocycles. The van der Waals surface area contributed by atoms with Gasteiger partial charge in [-0.25, -0.2) is 4.57 Å². The summed E-state index contributed by atoms with van der Waals surface area (Å²) < 4.78 is 8.68. The van der Waals surface area contributed by atoms with Crippen LogP contribution in [0.3, 0.4) is 0 Å². The molecule has 164 valence electrons. The zero-order valence-corrected chi connectivity index (χ0v) is 19.7. The second-order valence-electron chi connectivity index (χ2n) is 9.04. The molecule has 0 aliphatic carbocycles. The van der Waals surface area contributed by atoms with Crippen molar-refractivity contribution in [2.24, 2.45) is 7.05 Å². The minimum atomic E-state index is 0.918. The lowest BCUT2D eigenvalue weighted by Gasteiger charge is -2.07. The summed E-state index contributed by atoms with van der Waals surface area (Å²) in [5.74, 6) is 0. The van der Waals surface area contributed by atoms with E-state index in [0.717, 1.165) is 38.8 Å². The number of benzene rings is 4. The quantitative estimate of drug-likeness (QED) is 0.255. The van der Waals surface area contributed by atoms with Crippen LogP contribution in [0.1, 0.15) is 11.1 Å². The maximum absolute atomic E-state index is 6.53. The highest BCUT2D eigenvalue weighted by Crippen LogP contribution is 2.38. The largest absolute Gasteiger partial charge is 0.455 e. The van der Waals surface area contributed by atoms with Gasteiger partial charge in [0.1, 0.15) is 18.2 Å². The molecule has 0 radical (unpaired) electrons. The lowest BCUT2D eigenvalue weighted by atomic mass is 9.97. The first-order valence-electron chi connectivity index (χ1n) is 11.7. The molecule has 0 saturated carbocycles. The van der Waals surface area contributed by atoms with Gasteiger partial charge in [0.05, 0.1) is 5.56 Å². The number of pyridine rings is 1. The number of aryl methyl sites for hydroxylation is 3. The second kappa shape index (κ2) is 8.00. The number of nitrogens with zero attached hydrogens (tertiary/aromatic N) is 1. The minimum absolute atomic E-state index is 0.918. The predicted octanol–water partition coefficient (Wildman–Crippen LogP) is 8.03. The molecule has 0 bridgehead atoms. The highest BCUT2D eigenvalue weighted by molar-refractivity contribution is 6.10. The number of furan rings is 1. The summed E-state index contributed by atoms with van der Waals surface area (Å²) in [6, 6.07) is 34.5. The summed E-state index contributed by atoms with van der Waals surface area (Å²) >= 11 is 0. The average Bonchev–Trinajstić information content (AvgIpc) is 3.23. The third-order valence-corrected chi connectivity index (χ3v) is 6.84. The molecule has 0 amide bonds. The van der Waals surface area contributed by atoms with Crippen molar-refractivity contribution in [2.75, 3.05) is 0 Å². The Balaban J connectivity index is 1.46. The average molecular weight is 441 g/mol. The Labute approximate surface area is 199 Å². The maximum Gasteiger partial charge on any atom is 0.216 e. The standard InChI is InChI=1S/C32H26NO/c1-21-8-4-5-9-26(21)24-14-12-23(13-15-24)25-16-18-27-28-17-11-22(2)31(32(28)34-30(27)20-25)29-10-6-7-19-33(29)3/h4-20H,1-3H3/q+1. The van der Waals surface area contributed by atoms with Crippen LogP contribution < -0.4 is 4.57 Å². The molecule has 0 unspecified atom stereocenters. The summed E-state index contributed by atoms with van der Waals surface area (Å²) in [4.78, 5) is 0. The van der Waals surface area contributed by atoms with Crippen molar-refractivity contribution in [2.45, 2.75) is 13.8 Å². The van der Waals surface area contributed by atoms with E-state index in [-0.39, 0.29) is 0 Å². The first kappa shape index (κ1) is 20.4. The third kappa shape index (κ3) is 3.31. The molecule has 4 aromatic carbocycles. The predicted molar refractivity (Wildman–Crippen MR) is 141 cm³/mol. The van der Waals surface area contributed by atoms with Crippen molar-refractivity contribution >= 4 is 21.9 Å². The first-order valence-corrected chi connectivity index (χ1v) is 11.7. The van der Waals surface area contributed by atoms with E-state index in [4.69, 9.17) is 4.42 Å². The molecular formula is C32H26NO+. The SMILES string of the molecule is Cc1ccccc1-c1ccc(-c2ccc3c(c2)oc2c(-c4cccc[n+]4C)c(C)ccc23)cc1. The van der Waals surface area contributed by atoms with Crippen LogP contribution in [0.25, 0.3) is 55.4 Å². The van der Waals surface area contributed by atoms with Crippen LogP contribution in [0, 0.1) is 13.8 Å². The number of fused-ring (bicyclic) bond motifs is 3. The van der Waals surface area contributed by atoms with Gasteiger partial charge in [-0.2, -0.15) is 0 Å². The summed E-state index contributed by atoms with van der Waals surface area (Å²) in [6.45, 7) is 4.31. The van der Waals surface area contributed by atoms with E-state index in [2.05, 4.69) is 123 Å². The normalized spacial score (nSPS) is 11.4. The summed E-state index contributed by atoms with van der Waals surface area (Å²) in [7, 11) is 2.08. The van der Waals surface area contributed by atoms with E-state index in [1.54, 1.807) is 0 Å². The van der Waals surface area contributed by atoms with Gasteiger partial charge in [-0.3, -0.25) is 0 Å². The van der Waals surface area contributed by atoms with Gasteiger partial charge < -0.3 is 4.42 Å². The van der Waals surface area contributed by atoms with E-state index < -0.39 is 0 Å². The number of hydrogen-bond donors (Lipinski definition) is 0. The van der Waals surface area contributed by atoms with Gasteiger partial charge in [0.25, 0.3) is 0 Å². The molecule has 0 saturated heterocycles. The lowest BCUT2D eigenvalue weighted by Crippen LogP contribution is -2.30. The summed E-state index contributed by atoms with van der Waals surface area (Å²) in [6.07, 6.45) is 2.08. The van der Waals surface area contributed by atoms with Gasteiger partial charge in [-0.1, -0.05) is 66.7 Å². The number of rotatable bonds is 3. The van der Waals surface area contributed by atoms with Gasteiger partial charge in [0.15, 0.2) is 6.20 Å². The van der Waals surface area contributed by atoms with E-state index in [9.17, 15) is 0 Å². The maximum atomic E-state index is 6.53. The molecule has 0 N–H and O–H groups in total. The lowest BCUT2D eigenvalue weighted by molar-refractivity contribution is -0.660. The Hall–Kier alpha value is -4.17. The fourth-order valence-electron chi connectivity index (χ4n) is 4.96. The van der Waals surface area contributed by atoms with Gasteiger partial charge in [-0.05, 0) is 65.4 Å². The molecular weight excluding hydrogens is 414 g/mol. The Morgan fingerprint density at radius 1 is 0.618 bits per heavy atom. The summed E-state index contributed by atoms with van der Waals surface area (Å²) in [5, 5.41) is 2.30. The fraction of sp³-hybridized carbons (Fsp3) is 0.0938. The van der Waals surface area contributed by atoms with Gasteiger partial charge in [0.2, 0.25) is 5.69 Å². The van der Waals surface area contributed by atoms with Crippen LogP contribution >= 0.6 is 0 Å². The van der Waals surface area contributed by atoms with Crippen molar-refractivity contribution in [1.29, 1.82) is 0 Å². The minimum Gasteiger partial charge on any atom is -0.455 e. The summed E-state index contributed by atoms with van der Waals surface area (Å²) in [5.41, 5.74) is 11.5. The molecule has 0 spiro atoms. The van der Waals surface area contributed by atoms with Crippen LogP contribution in [0.4, 0.5) is 0 Å². The van der Waals surface area contributed by atoms with E-state index in [1.807, 2.05) is 6.07 Å². The van der Waals surface area contributed by atoms with Gasteiger partial charge >= 0.3 is 0 Å². The monoisotopic (exact) mass is 440 g/mol. The molecule has 0 atom stereocenters. The second-order valence-corrected chi connectivity index (χ2v) is 9.04. The highest BCUT2D eigenvalue weighted by atomic mass is 16.3. The topological polar surface area (TPSA) is 17.0 Å². The zero-order chi connectivity index (χ0) is 23.2. The molecule has 34 heavy (non-hydrogen) atoms. The fourth-order valence-corrected chi connectivity index (χ4v) is 4.96. The van der Waals surface area contributed by atoms with Crippen LogP contribution in [0.15, 0.2) is 108 Å². The molecule has 6 aromatic rings. The molecule has 0 fully saturated rings. The van der Waals surface area contributed by atoms with Crippen LogP contribution in [0.5, 0.6) is 0 Å². The molecule has 6 rings (SSSR count). The van der Waals surface area contributed by atoms with Crippen LogP contribution in [-0.2, 0) is 7.05 Å². The highest BCUT2D eigenvalue weighted by Gasteiger charge is 2.20. The Bertz CT molecular complexity index is 1670.